The van der Waals surface area contributed by atoms with Gasteiger partial charge in [-0.1, -0.05) is 6.07 Å². The lowest BCUT2D eigenvalue weighted by Gasteiger charge is -2.04. The molecule has 1 heterocycles. The first-order chi connectivity index (χ1) is 7.22. The zero-order chi connectivity index (χ0) is 10.8. The van der Waals surface area contributed by atoms with Gasteiger partial charge in [-0.3, -0.25) is 4.98 Å². The number of hydrogen-bond donors (Lipinski definition) is 0. The van der Waals surface area contributed by atoms with Crippen LogP contribution in [-0.4, -0.2) is 18.1 Å². The van der Waals surface area contributed by atoms with Crippen molar-refractivity contribution < 1.29 is 9.53 Å². The van der Waals surface area contributed by atoms with Gasteiger partial charge in [0.05, 0.1) is 18.2 Å². The van der Waals surface area contributed by atoms with Gasteiger partial charge < -0.3 is 4.74 Å². The van der Waals surface area contributed by atoms with Gasteiger partial charge in [-0.05, 0) is 34.1 Å². The highest BCUT2D eigenvalue weighted by atomic mass is 79.9. The molecule has 0 unspecified atom stereocenters. The topological polar surface area (TPSA) is 39.2 Å². The Morgan fingerprint density at radius 3 is 3.00 bits per heavy atom. The van der Waals surface area contributed by atoms with E-state index in [9.17, 15) is 4.79 Å². The molecule has 0 amide bonds. The Kier molecular flexibility index (Phi) is 2.68. The van der Waals surface area contributed by atoms with Crippen LogP contribution in [0.3, 0.4) is 0 Å². The maximum Gasteiger partial charge on any atom is 0.339 e. The van der Waals surface area contributed by atoms with Gasteiger partial charge in [0.15, 0.2) is 0 Å². The summed E-state index contributed by atoms with van der Waals surface area (Å²) in [6.45, 7) is 0. The fourth-order valence-corrected chi connectivity index (χ4v) is 1.88. The number of methoxy groups -OCH3 is 1. The number of carbonyl (C=O) groups is 1. The van der Waals surface area contributed by atoms with Crippen molar-refractivity contribution in [2.24, 2.45) is 0 Å². The van der Waals surface area contributed by atoms with Crippen molar-refractivity contribution in [1.82, 2.24) is 4.98 Å². The third kappa shape index (κ3) is 1.85. The van der Waals surface area contributed by atoms with E-state index in [-0.39, 0.29) is 5.97 Å². The summed E-state index contributed by atoms with van der Waals surface area (Å²) < 4.78 is 5.39. The van der Waals surface area contributed by atoms with E-state index in [0.29, 0.717) is 5.56 Å². The largest absolute Gasteiger partial charge is 0.465 e. The van der Waals surface area contributed by atoms with Crippen molar-refractivity contribution >= 4 is 32.8 Å². The van der Waals surface area contributed by atoms with E-state index in [1.807, 2.05) is 18.2 Å². The number of hydrogen-bond acceptors (Lipinski definition) is 3. The lowest BCUT2D eigenvalue weighted by molar-refractivity contribution is 0.0600. The van der Waals surface area contributed by atoms with E-state index in [4.69, 9.17) is 0 Å². The molecule has 0 fully saturated rings. The number of halogens is 1. The van der Waals surface area contributed by atoms with E-state index >= 15 is 0 Å². The molecule has 0 bridgehead atoms. The number of aromatic nitrogens is 1. The molecule has 0 saturated heterocycles. The molecule has 0 saturated carbocycles. The van der Waals surface area contributed by atoms with Crippen molar-refractivity contribution in [1.29, 1.82) is 0 Å². The summed E-state index contributed by atoms with van der Waals surface area (Å²) in [5.74, 6) is -0.366. The molecule has 1 aromatic carbocycles. The summed E-state index contributed by atoms with van der Waals surface area (Å²) in [4.78, 5) is 15.6. The Morgan fingerprint density at radius 1 is 1.47 bits per heavy atom. The zero-order valence-corrected chi connectivity index (χ0v) is 9.61. The lowest BCUT2D eigenvalue weighted by Crippen LogP contribution is -2.02. The highest BCUT2D eigenvalue weighted by molar-refractivity contribution is 9.10. The second kappa shape index (κ2) is 3.98. The van der Waals surface area contributed by atoms with Gasteiger partial charge >= 0.3 is 5.97 Å². The van der Waals surface area contributed by atoms with Gasteiger partial charge in [0, 0.05) is 16.1 Å². The normalized spacial score (nSPS) is 10.3. The zero-order valence-electron chi connectivity index (χ0n) is 8.03. The molecular formula is C11H8BrNO2. The van der Waals surface area contributed by atoms with Gasteiger partial charge in [-0.25, -0.2) is 4.79 Å². The summed E-state index contributed by atoms with van der Waals surface area (Å²) in [5.41, 5.74) is 1.27. The van der Waals surface area contributed by atoms with Crippen LogP contribution in [0.15, 0.2) is 34.9 Å². The molecule has 15 heavy (non-hydrogen) atoms. The van der Waals surface area contributed by atoms with Crippen molar-refractivity contribution in [2.45, 2.75) is 0 Å². The summed E-state index contributed by atoms with van der Waals surface area (Å²) in [6.07, 6.45) is 1.69. The summed E-state index contributed by atoms with van der Waals surface area (Å²) in [7, 11) is 1.36. The lowest BCUT2D eigenvalue weighted by atomic mass is 10.1. The number of rotatable bonds is 1. The van der Waals surface area contributed by atoms with Gasteiger partial charge in [-0.15, -0.1) is 0 Å². The van der Waals surface area contributed by atoms with E-state index in [0.717, 1.165) is 15.4 Å². The second-order valence-electron chi connectivity index (χ2n) is 3.02. The highest BCUT2D eigenvalue weighted by Crippen LogP contribution is 2.23. The van der Waals surface area contributed by atoms with Crippen LogP contribution >= 0.6 is 15.9 Å². The fourth-order valence-electron chi connectivity index (χ4n) is 1.36. The molecule has 2 aromatic rings. The number of esters is 1. The molecule has 76 valence electrons. The van der Waals surface area contributed by atoms with Gasteiger partial charge in [-0.2, -0.15) is 0 Å². The highest BCUT2D eigenvalue weighted by Gasteiger charge is 2.11. The van der Waals surface area contributed by atoms with E-state index in [1.54, 1.807) is 12.3 Å². The third-order valence-corrected chi connectivity index (χ3v) is 2.75. The van der Waals surface area contributed by atoms with Crippen LogP contribution in [0.4, 0.5) is 0 Å². The molecular weight excluding hydrogens is 258 g/mol. The minimum absolute atomic E-state index is 0.366. The molecule has 0 aliphatic rings. The SMILES string of the molecule is COC(=O)c1cc2ncccc2cc1Br. The number of carbonyl (C=O) groups excluding carboxylic acids is 1. The first-order valence-electron chi connectivity index (χ1n) is 4.35. The molecule has 1 aromatic heterocycles. The van der Waals surface area contributed by atoms with Crippen LogP contribution < -0.4 is 0 Å². The van der Waals surface area contributed by atoms with E-state index in [2.05, 4.69) is 25.7 Å². The average molecular weight is 266 g/mol. The maximum atomic E-state index is 11.4. The van der Waals surface area contributed by atoms with Gasteiger partial charge in [0.1, 0.15) is 0 Å². The number of fused-ring (bicyclic) bond motifs is 1. The molecule has 0 atom stereocenters. The molecule has 0 radical (unpaired) electrons. The minimum Gasteiger partial charge on any atom is -0.465 e. The average Bonchev–Trinajstić information content (AvgIpc) is 2.27. The molecule has 0 aliphatic carbocycles. The Balaban J connectivity index is 2.67. The van der Waals surface area contributed by atoms with Crippen LogP contribution in [0.2, 0.25) is 0 Å². The summed E-state index contributed by atoms with van der Waals surface area (Å²) in [5, 5.41) is 0.983. The van der Waals surface area contributed by atoms with Crippen molar-refractivity contribution in [3.8, 4) is 0 Å². The first-order valence-corrected chi connectivity index (χ1v) is 5.14. The van der Waals surface area contributed by atoms with Gasteiger partial charge in [0.25, 0.3) is 0 Å². The van der Waals surface area contributed by atoms with Crippen LogP contribution in [0.25, 0.3) is 10.9 Å². The quantitative estimate of drug-likeness (QED) is 0.745. The number of benzene rings is 1. The number of nitrogens with zero attached hydrogens (tertiary/aromatic N) is 1. The summed E-state index contributed by atoms with van der Waals surface area (Å²) in [6, 6.07) is 7.36. The van der Waals surface area contributed by atoms with Crippen LogP contribution in [0.1, 0.15) is 10.4 Å². The van der Waals surface area contributed by atoms with Crippen molar-refractivity contribution in [2.75, 3.05) is 7.11 Å². The Morgan fingerprint density at radius 2 is 2.27 bits per heavy atom. The molecule has 3 nitrogen and oxygen atoms in total. The molecule has 0 aliphatic heterocycles. The van der Waals surface area contributed by atoms with Crippen molar-refractivity contribution in [3.63, 3.8) is 0 Å². The van der Waals surface area contributed by atoms with Crippen LogP contribution in [-0.2, 0) is 4.74 Å². The molecule has 2 rings (SSSR count). The van der Waals surface area contributed by atoms with Crippen LogP contribution in [0.5, 0.6) is 0 Å². The first kappa shape index (κ1) is 10.1. The molecule has 0 spiro atoms. The Hall–Kier alpha value is -1.42. The standard InChI is InChI=1S/C11H8BrNO2/c1-15-11(14)8-6-10-7(5-9(8)12)3-2-4-13-10/h2-6H,1H3. The maximum absolute atomic E-state index is 11.4. The van der Waals surface area contributed by atoms with Crippen molar-refractivity contribution in [3.05, 3.63) is 40.5 Å². The monoisotopic (exact) mass is 265 g/mol. The van der Waals surface area contributed by atoms with E-state index < -0.39 is 0 Å². The fraction of sp³-hybridized carbons (Fsp3) is 0.0909. The van der Waals surface area contributed by atoms with E-state index in [1.165, 1.54) is 7.11 Å². The second-order valence-corrected chi connectivity index (χ2v) is 3.87. The predicted octanol–water partition coefficient (Wildman–Crippen LogP) is 2.78. The number of ether oxygens (including phenoxy) is 1. The third-order valence-electron chi connectivity index (χ3n) is 2.10. The molecule has 0 N–H and O–H groups in total. The minimum atomic E-state index is -0.366. The predicted molar refractivity (Wildman–Crippen MR) is 60.8 cm³/mol. The van der Waals surface area contributed by atoms with Gasteiger partial charge in [0.2, 0.25) is 0 Å². The smallest absolute Gasteiger partial charge is 0.339 e. The summed E-state index contributed by atoms with van der Waals surface area (Å²) >= 11 is 3.33. The number of pyridine rings is 1. The Bertz CT molecular complexity index is 525. The van der Waals surface area contributed by atoms with Crippen LogP contribution in [0, 0.1) is 0 Å². The molecule has 4 heteroatoms. The Labute approximate surface area is 95.2 Å².